The lowest BCUT2D eigenvalue weighted by atomic mass is 10.1. The number of carbonyl (C=O) groups is 2. The van der Waals surface area contributed by atoms with Gasteiger partial charge >= 0.3 is 0 Å². The van der Waals surface area contributed by atoms with Crippen LogP contribution >= 0.6 is 23.2 Å². The predicted octanol–water partition coefficient (Wildman–Crippen LogP) is 6.14. The van der Waals surface area contributed by atoms with Crippen LogP contribution in [-0.2, 0) is 26.2 Å². The second kappa shape index (κ2) is 14.0. The van der Waals surface area contributed by atoms with Crippen molar-refractivity contribution >= 4 is 50.7 Å². The molecule has 1 N–H and O–H groups in total. The normalized spacial score (nSPS) is 12.1. The van der Waals surface area contributed by atoms with Gasteiger partial charge in [-0.3, -0.25) is 13.9 Å². The number of sulfonamides is 1. The molecule has 0 aliphatic heterocycles. The molecule has 1 atom stereocenters. The second-order valence-electron chi connectivity index (χ2n) is 9.58. The smallest absolute Gasteiger partial charge is 0.264 e. The molecule has 3 rings (SSSR count). The average Bonchev–Trinajstić information content (AvgIpc) is 2.92. The molecule has 1 unspecified atom stereocenters. The Hall–Kier alpha value is -3.07. The summed E-state index contributed by atoms with van der Waals surface area (Å²) in [6.45, 7) is 7.32. The van der Waals surface area contributed by atoms with E-state index in [2.05, 4.69) is 5.32 Å². The van der Waals surface area contributed by atoms with Crippen LogP contribution in [0.25, 0.3) is 0 Å². The number of anilines is 1. The van der Waals surface area contributed by atoms with Crippen LogP contribution in [0.3, 0.4) is 0 Å². The zero-order valence-electron chi connectivity index (χ0n) is 23.2. The van der Waals surface area contributed by atoms with Crippen molar-refractivity contribution in [3.8, 4) is 0 Å². The number of nitrogens with one attached hydrogen (secondary N) is 1. The van der Waals surface area contributed by atoms with Crippen molar-refractivity contribution in [3.05, 3.63) is 93.5 Å². The van der Waals surface area contributed by atoms with Crippen molar-refractivity contribution in [2.75, 3.05) is 17.4 Å². The fraction of sp³-hybridized carbons (Fsp3) is 0.333. The third-order valence-electron chi connectivity index (χ3n) is 6.55. The van der Waals surface area contributed by atoms with Crippen LogP contribution in [0.15, 0.2) is 71.6 Å². The molecule has 0 aliphatic carbocycles. The van der Waals surface area contributed by atoms with Gasteiger partial charge in [0, 0.05) is 23.1 Å². The minimum Gasteiger partial charge on any atom is -0.354 e. The van der Waals surface area contributed by atoms with Gasteiger partial charge in [-0.05, 0) is 74.2 Å². The lowest BCUT2D eigenvalue weighted by Gasteiger charge is -2.33. The Morgan fingerprint density at radius 2 is 1.62 bits per heavy atom. The summed E-state index contributed by atoms with van der Waals surface area (Å²) < 4.78 is 29.1. The van der Waals surface area contributed by atoms with Gasteiger partial charge in [-0.25, -0.2) is 8.42 Å². The summed E-state index contributed by atoms with van der Waals surface area (Å²) in [7, 11) is -4.17. The average molecular weight is 605 g/mol. The Labute approximate surface area is 247 Å². The standard InChI is InChI=1S/C30H35Cl2N3O4S/c1-5-17-33-30(37)27(6-2)34(19-23-9-7-8-10-26(23)32)29(36)20-35(28-16-13-24(31)18-22(28)4)40(38,39)25-14-11-21(3)12-15-25/h7-16,18,27H,5-6,17,19-20H2,1-4H3,(H,33,37). The number of benzene rings is 3. The number of halogens is 2. The van der Waals surface area contributed by atoms with E-state index in [9.17, 15) is 18.0 Å². The highest BCUT2D eigenvalue weighted by molar-refractivity contribution is 7.92. The van der Waals surface area contributed by atoms with E-state index in [-0.39, 0.29) is 17.3 Å². The summed E-state index contributed by atoms with van der Waals surface area (Å²) in [5, 5.41) is 3.76. The third kappa shape index (κ3) is 7.56. The Morgan fingerprint density at radius 1 is 0.950 bits per heavy atom. The molecule has 0 aromatic heterocycles. The van der Waals surface area contributed by atoms with Gasteiger partial charge in [-0.2, -0.15) is 0 Å². The van der Waals surface area contributed by atoms with Crippen LogP contribution in [0.2, 0.25) is 10.0 Å². The van der Waals surface area contributed by atoms with Crippen molar-refractivity contribution in [1.82, 2.24) is 10.2 Å². The fourth-order valence-corrected chi connectivity index (χ4v) is 6.25. The highest BCUT2D eigenvalue weighted by Gasteiger charge is 2.34. The van der Waals surface area contributed by atoms with E-state index in [0.29, 0.717) is 39.8 Å². The van der Waals surface area contributed by atoms with Gasteiger partial charge in [0.25, 0.3) is 10.0 Å². The molecule has 40 heavy (non-hydrogen) atoms. The number of amides is 2. The molecule has 7 nitrogen and oxygen atoms in total. The van der Waals surface area contributed by atoms with Crippen LogP contribution in [-0.4, -0.2) is 44.3 Å². The molecule has 0 saturated heterocycles. The summed E-state index contributed by atoms with van der Waals surface area (Å²) >= 11 is 12.6. The van der Waals surface area contributed by atoms with E-state index in [0.717, 1.165) is 16.3 Å². The van der Waals surface area contributed by atoms with E-state index < -0.39 is 28.5 Å². The highest BCUT2D eigenvalue weighted by Crippen LogP contribution is 2.30. The van der Waals surface area contributed by atoms with Gasteiger partial charge in [0.1, 0.15) is 12.6 Å². The molecule has 214 valence electrons. The van der Waals surface area contributed by atoms with Crippen LogP contribution in [0.4, 0.5) is 5.69 Å². The van der Waals surface area contributed by atoms with Crippen molar-refractivity contribution in [3.63, 3.8) is 0 Å². The molecular formula is C30H35Cl2N3O4S. The molecule has 0 fully saturated rings. The van der Waals surface area contributed by atoms with Gasteiger partial charge in [-0.15, -0.1) is 0 Å². The number of nitrogens with zero attached hydrogens (tertiary/aromatic N) is 2. The first-order valence-electron chi connectivity index (χ1n) is 13.2. The SMILES string of the molecule is CCCNC(=O)C(CC)N(Cc1ccccc1Cl)C(=O)CN(c1ccc(Cl)cc1C)S(=O)(=O)c1ccc(C)cc1. The van der Waals surface area contributed by atoms with Crippen molar-refractivity contribution < 1.29 is 18.0 Å². The van der Waals surface area contributed by atoms with Gasteiger partial charge in [0.15, 0.2) is 0 Å². The molecule has 0 aliphatic rings. The number of rotatable bonds is 12. The van der Waals surface area contributed by atoms with Crippen LogP contribution in [0, 0.1) is 13.8 Å². The molecule has 0 saturated carbocycles. The van der Waals surface area contributed by atoms with E-state index in [1.54, 1.807) is 61.5 Å². The molecule has 10 heteroatoms. The predicted molar refractivity (Wildman–Crippen MR) is 161 cm³/mol. The Kier molecular flexibility index (Phi) is 11.0. The summed E-state index contributed by atoms with van der Waals surface area (Å²) in [5.74, 6) is -0.844. The molecule has 3 aromatic rings. The van der Waals surface area contributed by atoms with Crippen LogP contribution in [0.5, 0.6) is 0 Å². The summed E-state index contributed by atoms with van der Waals surface area (Å²) in [6, 6.07) is 17.5. The molecule has 2 amide bonds. The molecule has 0 bridgehead atoms. The van der Waals surface area contributed by atoms with E-state index in [4.69, 9.17) is 23.2 Å². The zero-order chi connectivity index (χ0) is 29.4. The van der Waals surface area contributed by atoms with Crippen molar-refractivity contribution in [1.29, 1.82) is 0 Å². The number of aryl methyl sites for hydroxylation is 2. The van der Waals surface area contributed by atoms with Crippen molar-refractivity contribution in [2.45, 2.75) is 58.0 Å². The highest BCUT2D eigenvalue weighted by atomic mass is 35.5. The van der Waals surface area contributed by atoms with Gasteiger partial charge in [0.2, 0.25) is 11.8 Å². The van der Waals surface area contributed by atoms with E-state index in [1.807, 2.05) is 20.8 Å². The minimum atomic E-state index is -4.17. The number of hydrogen-bond donors (Lipinski definition) is 1. The molecule has 0 radical (unpaired) electrons. The van der Waals surface area contributed by atoms with E-state index >= 15 is 0 Å². The first-order chi connectivity index (χ1) is 19.0. The molecular weight excluding hydrogens is 569 g/mol. The number of carbonyl (C=O) groups excluding carboxylic acids is 2. The second-order valence-corrected chi connectivity index (χ2v) is 12.3. The van der Waals surface area contributed by atoms with Gasteiger partial charge in [-0.1, -0.05) is 72.9 Å². The van der Waals surface area contributed by atoms with E-state index in [1.165, 1.54) is 17.0 Å². The fourth-order valence-electron chi connectivity index (χ4n) is 4.35. The van der Waals surface area contributed by atoms with Gasteiger partial charge < -0.3 is 10.2 Å². The third-order valence-corrected chi connectivity index (χ3v) is 8.93. The summed E-state index contributed by atoms with van der Waals surface area (Å²) in [4.78, 5) is 28.7. The maximum absolute atomic E-state index is 14.1. The van der Waals surface area contributed by atoms with Crippen LogP contribution < -0.4 is 9.62 Å². The lowest BCUT2D eigenvalue weighted by Crippen LogP contribution is -2.52. The van der Waals surface area contributed by atoms with Crippen LogP contribution in [0.1, 0.15) is 43.4 Å². The first kappa shape index (κ1) is 31.5. The minimum absolute atomic E-state index is 0.0363. The maximum atomic E-state index is 14.1. The van der Waals surface area contributed by atoms with Crippen molar-refractivity contribution in [2.24, 2.45) is 0 Å². The van der Waals surface area contributed by atoms with Gasteiger partial charge in [0.05, 0.1) is 10.6 Å². The Bertz CT molecular complexity index is 1450. The monoisotopic (exact) mass is 603 g/mol. The topological polar surface area (TPSA) is 86.8 Å². The Balaban J connectivity index is 2.10. The first-order valence-corrected chi connectivity index (χ1v) is 15.3. The zero-order valence-corrected chi connectivity index (χ0v) is 25.5. The maximum Gasteiger partial charge on any atom is 0.264 e. The molecule has 3 aromatic carbocycles. The molecule has 0 heterocycles. The summed E-state index contributed by atoms with van der Waals surface area (Å²) in [6.07, 6.45) is 1.06. The number of hydrogen-bond acceptors (Lipinski definition) is 4. The summed E-state index contributed by atoms with van der Waals surface area (Å²) in [5.41, 5.74) is 2.45. The lowest BCUT2D eigenvalue weighted by molar-refractivity contribution is -0.140. The molecule has 0 spiro atoms. The Morgan fingerprint density at radius 3 is 2.23 bits per heavy atom. The quantitative estimate of drug-likeness (QED) is 0.269. The largest absolute Gasteiger partial charge is 0.354 e.